The first-order valence-corrected chi connectivity index (χ1v) is 19.0. The van der Waals surface area contributed by atoms with E-state index in [2.05, 4.69) is 70.1 Å². The molecule has 56 heavy (non-hydrogen) atoms. The van der Waals surface area contributed by atoms with E-state index in [1.54, 1.807) is 14.2 Å². The van der Waals surface area contributed by atoms with Gasteiger partial charge in [-0.05, 0) is 70.4 Å². The molecule has 0 N–H and O–H groups in total. The molecule has 6 aromatic rings. The van der Waals surface area contributed by atoms with Gasteiger partial charge in [-0.1, -0.05) is 0 Å². The molecule has 4 aliphatic rings. The molecule has 0 amide bonds. The number of pyridine rings is 2. The van der Waals surface area contributed by atoms with Crippen LogP contribution < -0.4 is 47.0 Å². The lowest BCUT2D eigenvalue weighted by Gasteiger charge is -2.18. The Bertz CT molecular complexity index is 2330. The zero-order chi connectivity index (χ0) is 37.6. The third-order valence-electron chi connectivity index (χ3n) is 10.9. The molecule has 0 fully saturated rings. The van der Waals surface area contributed by atoms with Crippen LogP contribution in [0, 0.1) is 0 Å². The van der Waals surface area contributed by atoms with E-state index < -0.39 is 0 Å². The molecule has 2 aromatic heterocycles. The molecule has 0 atom stereocenters. The molecule has 6 heterocycles. The summed E-state index contributed by atoms with van der Waals surface area (Å²) in [6, 6.07) is 20.8. The summed E-state index contributed by atoms with van der Waals surface area (Å²) < 4.78 is 62.9. The van der Waals surface area contributed by atoms with Gasteiger partial charge in [-0.2, -0.15) is 9.13 Å². The van der Waals surface area contributed by atoms with Crippen molar-refractivity contribution in [2.75, 3.05) is 67.4 Å². The van der Waals surface area contributed by atoms with Crippen molar-refractivity contribution in [2.24, 2.45) is 0 Å². The van der Waals surface area contributed by atoms with Crippen LogP contribution >= 0.6 is 0 Å². The molecule has 0 radical (unpaired) electrons. The molecule has 0 saturated heterocycles. The number of hydrogen-bond acceptors (Lipinski definition) is 10. The fourth-order valence-electron chi connectivity index (χ4n) is 8.14. The van der Waals surface area contributed by atoms with Crippen LogP contribution in [0.5, 0.6) is 46.0 Å². The number of rotatable bonds is 13. The number of nitrogens with zero attached hydrogens (tertiary/aromatic N) is 2. The topological polar surface area (TPSA) is 100 Å². The van der Waals surface area contributed by atoms with E-state index in [-0.39, 0.29) is 13.6 Å². The summed E-state index contributed by atoms with van der Waals surface area (Å²) in [7, 11) is 3.32. The van der Waals surface area contributed by atoms with Crippen molar-refractivity contribution < 1.29 is 56.5 Å². The molecule has 0 aliphatic carbocycles. The average molecular weight is 759 g/mol. The largest absolute Gasteiger partial charge is 0.493 e. The summed E-state index contributed by atoms with van der Waals surface area (Å²) in [6.07, 6.45) is 6.12. The lowest BCUT2D eigenvalue weighted by Crippen LogP contribution is -2.40. The van der Waals surface area contributed by atoms with Gasteiger partial charge in [0, 0.05) is 25.0 Å². The smallest absolute Gasteiger partial charge is 0.231 e. The molecular weight excluding hydrogens is 716 g/mol. The quantitative estimate of drug-likeness (QED) is 0.103. The minimum absolute atomic E-state index is 0.262. The van der Waals surface area contributed by atoms with Crippen molar-refractivity contribution >= 4 is 21.5 Å². The van der Waals surface area contributed by atoms with E-state index in [4.69, 9.17) is 47.4 Å². The predicted octanol–water partition coefficient (Wildman–Crippen LogP) is 5.98. The van der Waals surface area contributed by atoms with E-state index in [9.17, 15) is 0 Å². The molecule has 12 nitrogen and oxygen atoms in total. The van der Waals surface area contributed by atoms with E-state index in [1.807, 2.05) is 12.1 Å². The normalized spacial score (nSPS) is 14.2. The predicted molar refractivity (Wildman–Crippen MR) is 205 cm³/mol. The zero-order valence-electron chi connectivity index (χ0n) is 31.4. The van der Waals surface area contributed by atoms with E-state index in [1.165, 1.54) is 11.1 Å². The maximum absolute atomic E-state index is 6.30. The Morgan fingerprint density at radius 2 is 0.946 bits per heavy atom. The van der Waals surface area contributed by atoms with Gasteiger partial charge in [0.05, 0.1) is 62.5 Å². The van der Waals surface area contributed by atoms with Crippen LogP contribution in [-0.4, -0.2) is 67.4 Å². The fraction of sp³-hybridized carbons (Fsp3) is 0.318. The monoisotopic (exact) mass is 758 g/mol. The van der Waals surface area contributed by atoms with Crippen LogP contribution in [0.1, 0.15) is 11.1 Å². The molecule has 0 bridgehead atoms. The van der Waals surface area contributed by atoms with Gasteiger partial charge in [-0.15, -0.1) is 0 Å². The highest BCUT2D eigenvalue weighted by molar-refractivity contribution is 5.93. The van der Waals surface area contributed by atoms with E-state index >= 15 is 0 Å². The summed E-state index contributed by atoms with van der Waals surface area (Å²) in [4.78, 5) is 0. The van der Waals surface area contributed by atoms with Crippen molar-refractivity contribution in [3.8, 4) is 68.5 Å². The summed E-state index contributed by atoms with van der Waals surface area (Å²) in [5.41, 5.74) is 7.12. The molecule has 4 aromatic carbocycles. The lowest BCUT2D eigenvalue weighted by atomic mass is 9.95. The number of aromatic nitrogens is 2. The van der Waals surface area contributed by atoms with Crippen molar-refractivity contribution in [3.05, 3.63) is 84.2 Å². The second-order valence-corrected chi connectivity index (χ2v) is 14.1. The van der Waals surface area contributed by atoms with Crippen molar-refractivity contribution in [1.82, 2.24) is 0 Å². The molecule has 0 saturated carbocycles. The van der Waals surface area contributed by atoms with E-state index in [0.29, 0.717) is 62.6 Å². The van der Waals surface area contributed by atoms with Crippen LogP contribution in [0.25, 0.3) is 44.1 Å². The molecule has 286 valence electrons. The number of hydrogen-bond donors (Lipinski definition) is 0. The van der Waals surface area contributed by atoms with Gasteiger partial charge in [0.25, 0.3) is 0 Å². The maximum atomic E-state index is 6.30. The van der Waals surface area contributed by atoms with Crippen molar-refractivity contribution in [2.45, 2.75) is 25.9 Å². The summed E-state index contributed by atoms with van der Waals surface area (Å²) in [6.45, 7) is 4.63. The molecule has 0 unspecified atom stereocenters. The van der Waals surface area contributed by atoms with Gasteiger partial charge >= 0.3 is 0 Å². The van der Waals surface area contributed by atoms with Gasteiger partial charge < -0.3 is 47.4 Å². The number of fused-ring (bicyclic) bond motifs is 10. The molecule has 12 heteroatoms. The Balaban J connectivity index is 0.732. The second kappa shape index (κ2) is 14.6. The Morgan fingerprint density at radius 1 is 0.518 bits per heavy atom. The Hall–Kier alpha value is -5.98. The highest BCUT2D eigenvalue weighted by Crippen LogP contribution is 2.43. The first-order valence-electron chi connectivity index (χ1n) is 19.0. The van der Waals surface area contributed by atoms with Crippen LogP contribution in [0.15, 0.2) is 73.1 Å². The molecule has 0 spiro atoms. The lowest BCUT2D eigenvalue weighted by molar-refractivity contribution is -0.686. The first-order chi connectivity index (χ1) is 27.6. The third kappa shape index (κ3) is 6.18. The standard InChI is InChI=1S/C44H42N2O10/c1-47-37-5-3-27-17-35-31-21-41-39(53-25-55-41)19-29(31)7-9-45(35)23-33(27)43(37)51-15-13-49-11-12-50-14-16-52-44-34-24-46-10-8-30-20-40-42(56-26-54-40)22-32(30)36(46)18-28(34)4-6-38(44)48-2/h3-6,17-24H,7-16,25-26H2,1-2H3/q+2. The van der Waals surface area contributed by atoms with Gasteiger partial charge in [-0.25, -0.2) is 0 Å². The zero-order valence-corrected chi connectivity index (χ0v) is 31.4. The minimum atomic E-state index is 0.262. The Labute approximate surface area is 323 Å². The maximum Gasteiger partial charge on any atom is 0.231 e. The van der Waals surface area contributed by atoms with Crippen molar-refractivity contribution in [3.63, 3.8) is 0 Å². The van der Waals surface area contributed by atoms with Gasteiger partial charge in [0.1, 0.15) is 13.2 Å². The summed E-state index contributed by atoms with van der Waals surface area (Å²) >= 11 is 0. The highest BCUT2D eigenvalue weighted by atomic mass is 16.7. The number of aryl methyl sites for hydroxylation is 4. The average Bonchev–Trinajstić information content (AvgIpc) is 3.90. The molecular formula is C44H42N2O10+2. The van der Waals surface area contributed by atoms with Crippen LogP contribution in [-0.2, 0) is 35.4 Å². The van der Waals surface area contributed by atoms with Gasteiger partial charge in [0.2, 0.25) is 25.0 Å². The first kappa shape index (κ1) is 34.5. The third-order valence-corrected chi connectivity index (χ3v) is 10.9. The van der Waals surface area contributed by atoms with Gasteiger partial charge in [0.15, 0.2) is 71.5 Å². The summed E-state index contributed by atoms with van der Waals surface area (Å²) in [5.74, 6) is 5.98. The van der Waals surface area contributed by atoms with Gasteiger partial charge in [-0.3, -0.25) is 0 Å². The van der Waals surface area contributed by atoms with E-state index in [0.717, 1.165) is 93.0 Å². The Kier molecular flexibility index (Phi) is 8.99. The van der Waals surface area contributed by atoms with Crippen LogP contribution in [0.2, 0.25) is 0 Å². The second-order valence-electron chi connectivity index (χ2n) is 14.1. The van der Waals surface area contributed by atoms with Crippen LogP contribution in [0.3, 0.4) is 0 Å². The number of methoxy groups -OCH3 is 2. The Morgan fingerprint density at radius 3 is 1.39 bits per heavy atom. The number of benzene rings is 4. The molecule has 10 rings (SSSR count). The SMILES string of the molecule is COc1ccc2cc3[n+](cc2c1OCCOCCOCCOc1c(OC)ccc2cc4[n+](cc12)CCc1cc2c(cc1-4)OCO2)CCc1cc2c(cc1-3)OCO2. The fourth-order valence-corrected chi connectivity index (χ4v) is 8.14. The van der Waals surface area contributed by atoms with Crippen molar-refractivity contribution in [1.29, 1.82) is 0 Å². The van der Waals surface area contributed by atoms with Crippen LogP contribution in [0.4, 0.5) is 0 Å². The highest BCUT2D eigenvalue weighted by Gasteiger charge is 2.30. The summed E-state index contributed by atoms with van der Waals surface area (Å²) in [5, 5.41) is 4.10. The minimum Gasteiger partial charge on any atom is -0.493 e. The molecule has 4 aliphatic heterocycles. The number of ether oxygens (including phenoxy) is 10.